The van der Waals surface area contributed by atoms with Gasteiger partial charge in [-0.2, -0.15) is 0 Å². The van der Waals surface area contributed by atoms with Gasteiger partial charge in [0.15, 0.2) is 0 Å². The molecule has 1 aromatic rings. The number of rotatable bonds is 5. The number of hydrogen-bond acceptors (Lipinski definition) is 4. The summed E-state index contributed by atoms with van der Waals surface area (Å²) in [7, 11) is 3.93. The smallest absolute Gasteiger partial charge is 0.292 e. The highest BCUT2D eigenvalue weighted by Crippen LogP contribution is 2.27. The number of nitro benzene ring substituents is 1. The van der Waals surface area contributed by atoms with E-state index < -0.39 is 0 Å². The van der Waals surface area contributed by atoms with Crippen molar-refractivity contribution in [3.8, 4) is 0 Å². The second-order valence-corrected chi connectivity index (χ2v) is 3.96. The Bertz CT molecular complexity index is 377. The summed E-state index contributed by atoms with van der Waals surface area (Å²) in [6.45, 7) is 3.40. The van der Waals surface area contributed by atoms with Crippen LogP contribution in [0.3, 0.4) is 0 Å². The topological polar surface area (TPSA) is 58.4 Å². The number of nitrogens with zero attached hydrogens (tertiary/aromatic N) is 2. The van der Waals surface area contributed by atoms with Crippen LogP contribution >= 0.6 is 0 Å². The number of likely N-dealkylation sites (N-methyl/N-ethyl adjacent to an activating group) is 1. The molecule has 0 spiro atoms. The van der Waals surface area contributed by atoms with E-state index in [0.29, 0.717) is 12.2 Å². The quantitative estimate of drug-likeness (QED) is 0.611. The van der Waals surface area contributed by atoms with Crippen LogP contribution in [-0.4, -0.2) is 37.0 Å². The molecular formula is C11H17N3O2. The summed E-state index contributed by atoms with van der Waals surface area (Å²) in [5.74, 6) is 0. The van der Waals surface area contributed by atoms with E-state index in [4.69, 9.17) is 0 Å². The molecule has 5 nitrogen and oxygen atoms in total. The van der Waals surface area contributed by atoms with E-state index in [9.17, 15) is 10.1 Å². The molecule has 0 radical (unpaired) electrons. The third kappa shape index (κ3) is 3.20. The molecule has 5 heteroatoms. The molecule has 0 amide bonds. The Morgan fingerprint density at radius 2 is 2.12 bits per heavy atom. The predicted molar refractivity (Wildman–Crippen MR) is 64.9 cm³/mol. The number of hydrogen-bond donors (Lipinski definition) is 1. The molecule has 1 N–H and O–H groups in total. The van der Waals surface area contributed by atoms with Crippen LogP contribution in [0.1, 0.15) is 5.56 Å². The first-order valence-corrected chi connectivity index (χ1v) is 5.15. The Kier molecular flexibility index (Phi) is 4.25. The first-order chi connectivity index (χ1) is 7.52. The number of nitrogens with one attached hydrogen (secondary N) is 1. The van der Waals surface area contributed by atoms with Crippen LogP contribution in [0.4, 0.5) is 11.4 Å². The summed E-state index contributed by atoms with van der Waals surface area (Å²) in [5, 5.41) is 13.9. The highest BCUT2D eigenvalue weighted by atomic mass is 16.6. The summed E-state index contributed by atoms with van der Waals surface area (Å²) in [5.41, 5.74) is 1.65. The monoisotopic (exact) mass is 223 g/mol. The first-order valence-electron chi connectivity index (χ1n) is 5.15. The van der Waals surface area contributed by atoms with Crippen molar-refractivity contribution in [3.63, 3.8) is 0 Å². The molecule has 0 aromatic heterocycles. The van der Waals surface area contributed by atoms with E-state index in [0.717, 1.165) is 12.1 Å². The number of aryl methyl sites for hydroxylation is 1. The van der Waals surface area contributed by atoms with Gasteiger partial charge in [-0.25, -0.2) is 0 Å². The van der Waals surface area contributed by atoms with Gasteiger partial charge in [0.25, 0.3) is 5.69 Å². The number of nitro groups is 1. The van der Waals surface area contributed by atoms with Crippen LogP contribution in [0.25, 0.3) is 0 Å². The lowest BCUT2D eigenvalue weighted by Crippen LogP contribution is -2.21. The lowest BCUT2D eigenvalue weighted by molar-refractivity contribution is -0.384. The van der Waals surface area contributed by atoms with Crippen molar-refractivity contribution in [3.05, 3.63) is 33.9 Å². The minimum Gasteiger partial charge on any atom is -0.378 e. The molecule has 0 aliphatic heterocycles. The molecule has 1 rings (SSSR count). The zero-order chi connectivity index (χ0) is 12.1. The maximum absolute atomic E-state index is 10.8. The minimum atomic E-state index is -0.356. The van der Waals surface area contributed by atoms with Gasteiger partial charge >= 0.3 is 0 Å². The van der Waals surface area contributed by atoms with Crippen molar-refractivity contribution in [2.45, 2.75) is 6.92 Å². The van der Waals surface area contributed by atoms with E-state index in [2.05, 4.69) is 5.32 Å². The fourth-order valence-corrected chi connectivity index (χ4v) is 1.44. The maximum Gasteiger partial charge on any atom is 0.292 e. The summed E-state index contributed by atoms with van der Waals surface area (Å²) in [6.07, 6.45) is 0. The number of benzene rings is 1. The Hall–Kier alpha value is -1.62. The van der Waals surface area contributed by atoms with Gasteiger partial charge in [-0.1, -0.05) is 12.1 Å². The molecule has 0 heterocycles. The van der Waals surface area contributed by atoms with Crippen molar-refractivity contribution in [1.29, 1.82) is 0 Å². The molecular weight excluding hydrogens is 206 g/mol. The first kappa shape index (κ1) is 12.4. The van der Waals surface area contributed by atoms with Gasteiger partial charge in [-0.3, -0.25) is 10.1 Å². The summed E-state index contributed by atoms with van der Waals surface area (Å²) >= 11 is 0. The third-order valence-corrected chi connectivity index (χ3v) is 2.31. The van der Waals surface area contributed by atoms with Gasteiger partial charge in [0.1, 0.15) is 5.69 Å². The molecule has 0 atom stereocenters. The maximum atomic E-state index is 10.8. The van der Waals surface area contributed by atoms with Crippen LogP contribution in [0.15, 0.2) is 18.2 Å². The van der Waals surface area contributed by atoms with Crippen molar-refractivity contribution < 1.29 is 4.92 Å². The Morgan fingerprint density at radius 1 is 1.44 bits per heavy atom. The summed E-state index contributed by atoms with van der Waals surface area (Å²) < 4.78 is 0. The second kappa shape index (κ2) is 5.46. The lowest BCUT2D eigenvalue weighted by atomic mass is 10.1. The zero-order valence-corrected chi connectivity index (χ0v) is 9.86. The molecule has 16 heavy (non-hydrogen) atoms. The van der Waals surface area contributed by atoms with Crippen molar-refractivity contribution in [2.24, 2.45) is 0 Å². The predicted octanol–water partition coefficient (Wildman–Crippen LogP) is 1.88. The second-order valence-electron chi connectivity index (χ2n) is 3.96. The molecule has 88 valence electrons. The SMILES string of the molecule is Cc1cccc([N+](=O)[O-])c1NCCN(C)C. The normalized spacial score (nSPS) is 10.5. The Labute approximate surface area is 95.2 Å². The van der Waals surface area contributed by atoms with Crippen LogP contribution in [0.2, 0.25) is 0 Å². The highest BCUT2D eigenvalue weighted by Gasteiger charge is 2.14. The van der Waals surface area contributed by atoms with Crippen molar-refractivity contribution in [1.82, 2.24) is 4.90 Å². The van der Waals surface area contributed by atoms with Gasteiger partial charge < -0.3 is 10.2 Å². The Balaban J connectivity index is 2.80. The largest absolute Gasteiger partial charge is 0.378 e. The molecule has 0 unspecified atom stereocenters. The van der Waals surface area contributed by atoms with Crippen molar-refractivity contribution >= 4 is 11.4 Å². The molecule has 0 fully saturated rings. The van der Waals surface area contributed by atoms with Crippen LogP contribution in [0, 0.1) is 17.0 Å². The van der Waals surface area contributed by atoms with Gasteiger partial charge in [0.2, 0.25) is 0 Å². The molecule has 0 aliphatic rings. The van der Waals surface area contributed by atoms with Crippen LogP contribution < -0.4 is 5.32 Å². The minimum absolute atomic E-state index is 0.138. The fraction of sp³-hybridized carbons (Fsp3) is 0.455. The molecule has 0 aliphatic carbocycles. The van der Waals surface area contributed by atoms with Crippen LogP contribution in [0.5, 0.6) is 0 Å². The number of anilines is 1. The summed E-state index contributed by atoms with van der Waals surface area (Å²) in [6, 6.07) is 5.08. The standard InChI is InChI=1S/C11H17N3O2/c1-9-5-4-6-10(14(15)16)11(9)12-7-8-13(2)3/h4-6,12H,7-8H2,1-3H3. The van der Waals surface area contributed by atoms with E-state index >= 15 is 0 Å². The highest BCUT2D eigenvalue weighted by molar-refractivity contribution is 5.65. The lowest BCUT2D eigenvalue weighted by Gasteiger charge is -2.13. The van der Waals surface area contributed by atoms with Gasteiger partial charge in [-0.05, 0) is 26.6 Å². The number of para-hydroxylation sites is 1. The zero-order valence-electron chi connectivity index (χ0n) is 9.86. The molecule has 0 saturated heterocycles. The van der Waals surface area contributed by atoms with Gasteiger partial charge in [0.05, 0.1) is 4.92 Å². The van der Waals surface area contributed by atoms with Crippen LogP contribution in [-0.2, 0) is 0 Å². The Morgan fingerprint density at radius 3 is 2.69 bits per heavy atom. The summed E-state index contributed by atoms with van der Waals surface area (Å²) in [4.78, 5) is 12.5. The molecule has 1 aromatic carbocycles. The van der Waals surface area contributed by atoms with Gasteiger partial charge in [-0.15, -0.1) is 0 Å². The van der Waals surface area contributed by atoms with E-state index in [1.807, 2.05) is 32.0 Å². The van der Waals surface area contributed by atoms with E-state index in [-0.39, 0.29) is 10.6 Å². The van der Waals surface area contributed by atoms with E-state index in [1.165, 1.54) is 6.07 Å². The van der Waals surface area contributed by atoms with Gasteiger partial charge in [0, 0.05) is 19.2 Å². The average Bonchev–Trinajstić information content (AvgIpc) is 2.19. The average molecular weight is 223 g/mol. The fourth-order valence-electron chi connectivity index (χ4n) is 1.44. The van der Waals surface area contributed by atoms with Crippen molar-refractivity contribution in [2.75, 3.05) is 32.5 Å². The van der Waals surface area contributed by atoms with E-state index in [1.54, 1.807) is 6.07 Å². The third-order valence-electron chi connectivity index (χ3n) is 2.31. The molecule has 0 saturated carbocycles. The molecule has 0 bridgehead atoms.